The lowest BCUT2D eigenvalue weighted by Gasteiger charge is -2.31. The standard InChI is InChI=1S/C26H26N6O3/c33-24(29-35)22-16-27-25(28-17-22)30-12-10-19(11-13-30)18-31-14-15-32(26(31)34)23-8-6-21(7-9-23)20-4-2-1-3-5-20/h1-9,14-17,19,35H,10-13,18H2,(H,29,33). The van der Waals surface area contributed by atoms with Gasteiger partial charge in [-0.3, -0.25) is 19.1 Å². The summed E-state index contributed by atoms with van der Waals surface area (Å²) in [5.74, 6) is 0.291. The largest absolute Gasteiger partial charge is 0.341 e. The van der Waals surface area contributed by atoms with Gasteiger partial charge in [0.1, 0.15) is 0 Å². The van der Waals surface area contributed by atoms with Gasteiger partial charge in [-0.25, -0.2) is 20.2 Å². The van der Waals surface area contributed by atoms with Gasteiger partial charge in [-0.2, -0.15) is 0 Å². The van der Waals surface area contributed by atoms with Gasteiger partial charge in [-0.15, -0.1) is 0 Å². The molecule has 9 heteroatoms. The number of aromatic nitrogens is 4. The first kappa shape index (κ1) is 22.5. The second-order valence-corrected chi connectivity index (χ2v) is 8.66. The van der Waals surface area contributed by atoms with E-state index in [4.69, 9.17) is 5.21 Å². The maximum Gasteiger partial charge on any atom is 0.332 e. The van der Waals surface area contributed by atoms with Crippen molar-refractivity contribution < 1.29 is 10.0 Å². The quantitative estimate of drug-likeness (QED) is 0.331. The van der Waals surface area contributed by atoms with Crippen LogP contribution in [0.1, 0.15) is 23.2 Å². The van der Waals surface area contributed by atoms with E-state index in [0.29, 0.717) is 18.4 Å². The first-order valence-corrected chi connectivity index (χ1v) is 11.6. The number of rotatable bonds is 6. The fourth-order valence-electron chi connectivity index (χ4n) is 4.45. The van der Waals surface area contributed by atoms with E-state index in [1.807, 2.05) is 54.9 Å². The van der Waals surface area contributed by atoms with Crippen molar-refractivity contribution >= 4 is 11.9 Å². The number of amides is 1. The molecule has 2 aromatic carbocycles. The number of carbonyl (C=O) groups is 1. The fraction of sp³-hybridized carbons (Fsp3) is 0.231. The second-order valence-electron chi connectivity index (χ2n) is 8.66. The van der Waals surface area contributed by atoms with Crippen LogP contribution in [0.4, 0.5) is 5.95 Å². The molecular weight excluding hydrogens is 444 g/mol. The van der Waals surface area contributed by atoms with Crippen LogP contribution in [-0.4, -0.2) is 43.3 Å². The first-order chi connectivity index (χ1) is 17.1. The van der Waals surface area contributed by atoms with E-state index < -0.39 is 5.91 Å². The van der Waals surface area contributed by atoms with Crippen LogP contribution < -0.4 is 16.1 Å². The van der Waals surface area contributed by atoms with Crippen LogP contribution in [-0.2, 0) is 6.54 Å². The number of hydrogen-bond donors (Lipinski definition) is 2. The van der Waals surface area contributed by atoms with Gasteiger partial charge < -0.3 is 4.90 Å². The van der Waals surface area contributed by atoms with Crippen LogP contribution >= 0.6 is 0 Å². The van der Waals surface area contributed by atoms with Gasteiger partial charge in [0.05, 0.1) is 11.3 Å². The Labute approximate surface area is 202 Å². The van der Waals surface area contributed by atoms with Crippen molar-refractivity contribution in [1.29, 1.82) is 0 Å². The van der Waals surface area contributed by atoms with Gasteiger partial charge in [0, 0.05) is 44.4 Å². The average molecular weight is 471 g/mol. The van der Waals surface area contributed by atoms with Gasteiger partial charge in [0.25, 0.3) is 5.91 Å². The smallest absolute Gasteiger partial charge is 0.332 e. The highest BCUT2D eigenvalue weighted by atomic mass is 16.5. The summed E-state index contributed by atoms with van der Waals surface area (Å²) in [5, 5.41) is 8.71. The van der Waals surface area contributed by atoms with E-state index in [1.54, 1.807) is 14.6 Å². The molecule has 0 bridgehead atoms. The minimum Gasteiger partial charge on any atom is -0.341 e. The minimum absolute atomic E-state index is 0.0408. The molecule has 0 atom stereocenters. The second kappa shape index (κ2) is 9.94. The number of nitrogens with one attached hydrogen (secondary N) is 1. The zero-order chi connectivity index (χ0) is 24.2. The molecular formula is C26H26N6O3. The Balaban J connectivity index is 1.20. The van der Waals surface area contributed by atoms with Crippen molar-refractivity contribution in [2.45, 2.75) is 19.4 Å². The summed E-state index contributed by atoms with van der Waals surface area (Å²) in [6.45, 7) is 2.21. The number of imidazole rings is 1. The van der Waals surface area contributed by atoms with Crippen molar-refractivity contribution in [2.75, 3.05) is 18.0 Å². The highest BCUT2D eigenvalue weighted by Crippen LogP contribution is 2.23. The molecule has 1 aliphatic rings. The van der Waals surface area contributed by atoms with E-state index in [1.165, 1.54) is 12.4 Å². The number of hydrogen-bond acceptors (Lipinski definition) is 6. The van der Waals surface area contributed by atoms with E-state index in [2.05, 4.69) is 27.0 Å². The molecule has 1 amide bonds. The normalized spacial score (nSPS) is 14.1. The molecule has 0 saturated carbocycles. The van der Waals surface area contributed by atoms with Gasteiger partial charge >= 0.3 is 5.69 Å². The van der Waals surface area contributed by atoms with E-state index in [-0.39, 0.29) is 11.3 Å². The third-order valence-corrected chi connectivity index (χ3v) is 6.45. The molecule has 0 radical (unpaired) electrons. The minimum atomic E-state index is -0.639. The number of hydroxylamine groups is 1. The number of anilines is 1. The zero-order valence-electron chi connectivity index (χ0n) is 19.1. The Morgan fingerprint density at radius 1 is 0.943 bits per heavy atom. The molecule has 0 aliphatic carbocycles. The van der Waals surface area contributed by atoms with E-state index >= 15 is 0 Å². The molecule has 2 N–H and O–H groups in total. The molecule has 5 rings (SSSR count). The summed E-state index contributed by atoms with van der Waals surface area (Å²) in [6.07, 6.45) is 8.29. The van der Waals surface area contributed by atoms with Crippen LogP contribution in [0.2, 0.25) is 0 Å². The number of carbonyl (C=O) groups excluding carboxylic acids is 1. The van der Waals surface area contributed by atoms with Crippen molar-refractivity contribution in [2.24, 2.45) is 5.92 Å². The third-order valence-electron chi connectivity index (χ3n) is 6.45. The lowest BCUT2D eigenvalue weighted by molar-refractivity contribution is 0.0705. The summed E-state index contributed by atoms with van der Waals surface area (Å²) in [7, 11) is 0. The molecule has 3 heterocycles. The number of nitrogens with zero attached hydrogens (tertiary/aromatic N) is 5. The van der Waals surface area contributed by atoms with Crippen LogP contribution in [0, 0.1) is 5.92 Å². The lowest BCUT2D eigenvalue weighted by Crippen LogP contribution is -2.37. The van der Waals surface area contributed by atoms with Crippen LogP contribution in [0.5, 0.6) is 0 Å². The SMILES string of the molecule is O=C(NO)c1cnc(N2CCC(Cn3ccn(-c4ccc(-c5ccccc5)cc4)c3=O)CC2)nc1. The van der Waals surface area contributed by atoms with Crippen molar-refractivity contribution in [3.8, 4) is 16.8 Å². The number of piperidine rings is 1. The Morgan fingerprint density at radius 3 is 2.26 bits per heavy atom. The van der Waals surface area contributed by atoms with Crippen LogP contribution in [0.25, 0.3) is 16.8 Å². The summed E-state index contributed by atoms with van der Waals surface area (Å²) in [4.78, 5) is 35.0. The van der Waals surface area contributed by atoms with Crippen LogP contribution in [0.3, 0.4) is 0 Å². The summed E-state index contributed by atoms with van der Waals surface area (Å²) in [5.41, 5.74) is 4.84. The molecule has 0 spiro atoms. The molecule has 1 saturated heterocycles. The summed E-state index contributed by atoms with van der Waals surface area (Å²) < 4.78 is 3.46. The molecule has 0 unspecified atom stereocenters. The highest BCUT2D eigenvalue weighted by Gasteiger charge is 2.22. The van der Waals surface area contributed by atoms with Crippen molar-refractivity contribution in [3.63, 3.8) is 0 Å². The molecule has 1 aliphatic heterocycles. The fourth-order valence-corrected chi connectivity index (χ4v) is 4.45. The zero-order valence-corrected chi connectivity index (χ0v) is 19.1. The Bertz CT molecular complexity index is 1340. The molecule has 2 aromatic heterocycles. The van der Waals surface area contributed by atoms with Crippen LogP contribution in [0.15, 0.2) is 84.2 Å². The highest BCUT2D eigenvalue weighted by molar-refractivity contribution is 5.92. The molecule has 1 fully saturated rings. The number of benzene rings is 2. The maximum atomic E-state index is 13.0. The van der Waals surface area contributed by atoms with Gasteiger partial charge in [-0.1, -0.05) is 42.5 Å². The van der Waals surface area contributed by atoms with Gasteiger partial charge in [-0.05, 0) is 42.0 Å². The van der Waals surface area contributed by atoms with Gasteiger partial charge in [0.2, 0.25) is 5.95 Å². The van der Waals surface area contributed by atoms with Gasteiger partial charge in [0.15, 0.2) is 0 Å². The van der Waals surface area contributed by atoms with E-state index in [9.17, 15) is 9.59 Å². The predicted molar refractivity (Wildman–Crippen MR) is 132 cm³/mol. The Hall–Kier alpha value is -4.24. The third kappa shape index (κ3) is 4.85. The van der Waals surface area contributed by atoms with Crippen molar-refractivity contribution in [1.82, 2.24) is 24.6 Å². The Morgan fingerprint density at radius 2 is 1.60 bits per heavy atom. The summed E-state index contributed by atoms with van der Waals surface area (Å²) >= 11 is 0. The molecule has 35 heavy (non-hydrogen) atoms. The first-order valence-electron chi connectivity index (χ1n) is 11.6. The van der Waals surface area contributed by atoms with Crippen molar-refractivity contribution in [3.05, 3.63) is 95.4 Å². The molecule has 9 nitrogen and oxygen atoms in total. The molecule has 4 aromatic rings. The molecule has 178 valence electrons. The maximum absolute atomic E-state index is 13.0. The van der Waals surface area contributed by atoms with E-state index in [0.717, 1.165) is 42.7 Å². The average Bonchev–Trinajstić information content (AvgIpc) is 3.29. The predicted octanol–water partition coefficient (Wildman–Crippen LogP) is 3.13. The lowest BCUT2D eigenvalue weighted by atomic mass is 9.97. The topological polar surface area (TPSA) is 105 Å². The monoisotopic (exact) mass is 470 g/mol. The summed E-state index contributed by atoms with van der Waals surface area (Å²) in [6, 6.07) is 18.2. The Kier molecular flexibility index (Phi) is 6.40.